The average Bonchev–Trinajstić information content (AvgIpc) is 3.35. The summed E-state index contributed by atoms with van der Waals surface area (Å²) in [4.78, 5) is 26.3. The molecule has 4 heterocycles. The van der Waals surface area contributed by atoms with Gasteiger partial charge >= 0.3 is 0 Å². The number of hydrogen-bond donors (Lipinski definition) is 0. The van der Waals surface area contributed by atoms with Crippen LogP contribution in [0.5, 0.6) is 0 Å². The highest BCUT2D eigenvalue weighted by Gasteiger charge is 2.24. The van der Waals surface area contributed by atoms with Crippen molar-refractivity contribution in [3.63, 3.8) is 0 Å². The number of hydrogen-bond acceptors (Lipinski definition) is 7. The third-order valence-corrected chi connectivity index (χ3v) is 5.81. The van der Waals surface area contributed by atoms with Crippen LogP contribution in [0.2, 0.25) is 0 Å². The molecule has 0 unspecified atom stereocenters. The van der Waals surface area contributed by atoms with E-state index in [1.54, 1.807) is 10.7 Å². The van der Waals surface area contributed by atoms with Crippen LogP contribution in [0.25, 0.3) is 17.1 Å². The Bertz CT molecular complexity index is 1250. The molecule has 1 amide bonds. The normalized spacial score (nSPS) is 15.2. The first-order valence-corrected chi connectivity index (χ1v) is 10.8. The number of aryl methyl sites for hydroxylation is 2. The number of aromatic nitrogens is 5. The van der Waals surface area contributed by atoms with Crippen LogP contribution in [0, 0.1) is 13.8 Å². The molecule has 164 valence electrons. The molecule has 0 spiro atoms. The Hall–Kier alpha value is -3.59. The summed E-state index contributed by atoms with van der Waals surface area (Å²) < 4.78 is 7.17. The largest absolute Gasteiger partial charge is 0.337 e. The number of rotatable bonds is 4. The Labute approximate surface area is 185 Å². The van der Waals surface area contributed by atoms with E-state index in [0.717, 1.165) is 42.1 Å². The first kappa shape index (κ1) is 20.3. The maximum atomic E-state index is 13.2. The Morgan fingerprint density at radius 2 is 1.94 bits per heavy atom. The van der Waals surface area contributed by atoms with Crippen molar-refractivity contribution in [2.45, 2.75) is 26.8 Å². The van der Waals surface area contributed by atoms with Crippen LogP contribution in [0.1, 0.15) is 34.0 Å². The van der Waals surface area contributed by atoms with Gasteiger partial charge in [0.05, 0.1) is 23.5 Å². The number of carbonyl (C=O) groups is 1. The minimum Gasteiger partial charge on any atom is -0.337 e. The molecule has 32 heavy (non-hydrogen) atoms. The summed E-state index contributed by atoms with van der Waals surface area (Å²) in [5, 5.41) is 8.59. The maximum Gasteiger partial charge on any atom is 0.257 e. The van der Waals surface area contributed by atoms with Crippen molar-refractivity contribution in [3.05, 3.63) is 65.4 Å². The Balaban J connectivity index is 1.25. The number of amides is 1. The first-order chi connectivity index (χ1) is 15.6. The quantitative estimate of drug-likeness (QED) is 0.490. The smallest absolute Gasteiger partial charge is 0.257 e. The summed E-state index contributed by atoms with van der Waals surface area (Å²) in [5.74, 6) is 1.18. The molecule has 0 saturated carbocycles. The molecule has 0 aliphatic carbocycles. The van der Waals surface area contributed by atoms with E-state index in [-0.39, 0.29) is 5.91 Å². The van der Waals surface area contributed by atoms with Crippen molar-refractivity contribution in [1.82, 2.24) is 34.5 Å². The van der Waals surface area contributed by atoms with E-state index in [0.29, 0.717) is 36.9 Å². The van der Waals surface area contributed by atoms with Gasteiger partial charge in [-0.05, 0) is 32.4 Å². The lowest BCUT2D eigenvalue weighted by Crippen LogP contribution is -2.35. The minimum absolute atomic E-state index is 0.00201. The lowest BCUT2D eigenvalue weighted by molar-refractivity contribution is 0.0759. The first-order valence-electron chi connectivity index (χ1n) is 10.8. The molecule has 5 rings (SSSR count). The van der Waals surface area contributed by atoms with Crippen LogP contribution in [0.3, 0.4) is 0 Å². The summed E-state index contributed by atoms with van der Waals surface area (Å²) in [6.07, 6.45) is 2.55. The van der Waals surface area contributed by atoms with Gasteiger partial charge in [0.25, 0.3) is 11.8 Å². The topological polar surface area (TPSA) is 92.7 Å². The lowest BCUT2D eigenvalue weighted by Gasteiger charge is -2.22. The predicted octanol–water partition coefficient (Wildman–Crippen LogP) is 2.74. The molecular weight excluding hydrogens is 406 g/mol. The Morgan fingerprint density at radius 1 is 1.09 bits per heavy atom. The van der Waals surface area contributed by atoms with Gasteiger partial charge in [-0.2, -0.15) is 10.1 Å². The molecule has 1 saturated heterocycles. The summed E-state index contributed by atoms with van der Waals surface area (Å²) in [6.45, 7) is 7.39. The van der Waals surface area contributed by atoms with Gasteiger partial charge in [0, 0.05) is 44.0 Å². The van der Waals surface area contributed by atoms with E-state index in [1.165, 1.54) is 0 Å². The highest BCUT2D eigenvalue weighted by Crippen LogP contribution is 2.18. The molecular formula is C23H25N7O2. The van der Waals surface area contributed by atoms with Crippen LogP contribution in [0.4, 0.5) is 0 Å². The van der Waals surface area contributed by atoms with E-state index in [1.807, 2.05) is 55.1 Å². The van der Waals surface area contributed by atoms with E-state index in [9.17, 15) is 4.79 Å². The van der Waals surface area contributed by atoms with Gasteiger partial charge in [-0.1, -0.05) is 23.4 Å². The van der Waals surface area contributed by atoms with Crippen molar-refractivity contribution in [2.75, 3.05) is 26.2 Å². The van der Waals surface area contributed by atoms with Crippen molar-refractivity contribution in [1.29, 1.82) is 0 Å². The Morgan fingerprint density at radius 3 is 2.78 bits per heavy atom. The van der Waals surface area contributed by atoms with Crippen molar-refractivity contribution in [2.24, 2.45) is 0 Å². The number of carbonyl (C=O) groups excluding carboxylic acids is 1. The zero-order valence-electron chi connectivity index (χ0n) is 18.2. The van der Waals surface area contributed by atoms with Crippen molar-refractivity contribution < 1.29 is 9.32 Å². The summed E-state index contributed by atoms with van der Waals surface area (Å²) in [7, 11) is 0. The van der Waals surface area contributed by atoms with Gasteiger partial charge in [-0.3, -0.25) is 9.69 Å². The van der Waals surface area contributed by atoms with E-state index >= 15 is 0 Å². The van der Waals surface area contributed by atoms with Crippen LogP contribution >= 0.6 is 0 Å². The standard InChI is InChI=1S/C23H25N7O2/c1-16-13-21-24-14-19(17(2)30(21)26-16)23(31)29-10-6-9-28(11-12-29)15-20-25-22(32-27-20)18-7-4-3-5-8-18/h3-5,7-8,13-14H,6,9-12,15H2,1-2H3. The number of benzene rings is 1. The minimum atomic E-state index is -0.00201. The van der Waals surface area contributed by atoms with Gasteiger partial charge in [0.2, 0.25) is 0 Å². The third kappa shape index (κ3) is 3.99. The fourth-order valence-corrected chi connectivity index (χ4v) is 4.09. The van der Waals surface area contributed by atoms with Crippen molar-refractivity contribution >= 4 is 11.6 Å². The fourth-order valence-electron chi connectivity index (χ4n) is 4.09. The molecule has 4 aromatic rings. The lowest BCUT2D eigenvalue weighted by atomic mass is 10.2. The van der Waals surface area contributed by atoms with Crippen LogP contribution in [-0.4, -0.2) is 66.6 Å². The highest BCUT2D eigenvalue weighted by molar-refractivity contribution is 5.95. The second kappa shape index (κ2) is 8.51. The molecule has 0 radical (unpaired) electrons. The maximum absolute atomic E-state index is 13.2. The Kier molecular flexibility index (Phi) is 5.40. The summed E-state index contributed by atoms with van der Waals surface area (Å²) in [5.41, 5.74) is 3.96. The van der Waals surface area contributed by atoms with Gasteiger partial charge in [-0.25, -0.2) is 9.50 Å². The molecule has 0 N–H and O–H groups in total. The molecule has 9 nitrogen and oxygen atoms in total. The fraction of sp³-hybridized carbons (Fsp3) is 0.348. The van der Waals surface area contributed by atoms with Gasteiger partial charge in [0.1, 0.15) is 0 Å². The van der Waals surface area contributed by atoms with Gasteiger partial charge in [0.15, 0.2) is 11.5 Å². The summed E-state index contributed by atoms with van der Waals surface area (Å²) >= 11 is 0. The van der Waals surface area contributed by atoms with Gasteiger partial charge in [-0.15, -0.1) is 0 Å². The zero-order chi connectivity index (χ0) is 22.1. The van der Waals surface area contributed by atoms with Crippen molar-refractivity contribution in [3.8, 4) is 11.5 Å². The third-order valence-electron chi connectivity index (χ3n) is 5.81. The number of nitrogens with zero attached hydrogens (tertiary/aromatic N) is 7. The second-order valence-corrected chi connectivity index (χ2v) is 8.12. The zero-order valence-corrected chi connectivity index (χ0v) is 18.2. The van der Waals surface area contributed by atoms with Crippen LogP contribution in [0.15, 0.2) is 47.1 Å². The predicted molar refractivity (Wildman–Crippen MR) is 118 cm³/mol. The molecule has 3 aromatic heterocycles. The molecule has 1 fully saturated rings. The van der Waals surface area contributed by atoms with E-state index < -0.39 is 0 Å². The van der Waals surface area contributed by atoms with Crippen LogP contribution < -0.4 is 0 Å². The molecule has 0 atom stereocenters. The molecule has 1 aliphatic heterocycles. The van der Waals surface area contributed by atoms with E-state index in [4.69, 9.17) is 4.52 Å². The van der Waals surface area contributed by atoms with Gasteiger partial charge < -0.3 is 9.42 Å². The number of fused-ring (bicyclic) bond motifs is 1. The molecule has 9 heteroatoms. The highest BCUT2D eigenvalue weighted by atomic mass is 16.5. The second-order valence-electron chi connectivity index (χ2n) is 8.12. The van der Waals surface area contributed by atoms with Crippen LogP contribution in [-0.2, 0) is 6.54 Å². The molecule has 1 aliphatic rings. The van der Waals surface area contributed by atoms with E-state index in [2.05, 4.69) is 25.1 Å². The molecule has 1 aromatic carbocycles. The summed E-state index contributed by atoms with van der Waals surface area (Å²) in [6, 6.07) is 11.7. The molecule has 0 bridgehead atoms. The SMILES string of the molecule is Cc1cc2ncc(C(=O)N3CCCN(Cc4noc(-c5ccccc5)n4)CC3)c(C)n2n1. The average molecular weight is 432 g/mol. The monoisotopic (exact) mass is 431 g/mol.